The number of thiazole rings is 1. The first-order chi connectivity index (χ1) is 13.4. The average molecular weight is 404 g/mol. The fourth-order valence-electron chi connectivity index (χ4n) is 2.45. The Bertz CT molecular complexity index is 1140. The Morgan fingerprint density at radius 3 is 2.82 bits per heavy atom. The van der Waals surface area contributed by atoms with Gasteiger partial charge in [-0.15, -0.1) is 11.3 Å². The largest absolute Gasteiger partial charge is 0.433 e. The van der Waals surface area contributed by atoms with Gasteiger partial charge in [0.2, 0.25) is 0 Å². The summed E-state index contributed by atoms with van der Waals surface area (Å²) in [5.41, 5.74) is 1.00. The molecule has 4 aromatic rings. The highest BCUT2D eigenvalue weighted by Crippen LogP contribution is 2.28. The molecule has 0 aliphatic heterocycles. The van der Waals surface area contributed by atoms with Gasteiger partial charge in [0.15, 0.2) is 5.65 Å². The molecule has 0 saturated carbocycles. The highest BCUT2D eigenvalue weighted by atomic mass is 32.1. The van der Waals surface area contributed by atoms with E-state index in [1.165, 1.54) is 17.4 Å². The van der Waals surface area contributed by atoms with Crippen LogP contribution < -0.4 is 5.32 Å². The molecule has 28 heavy (non-hydrogen) atoms. The number of nitrogens with one attached hydrogen (secondary N) is 1. The Labute approximate surface area is 159 Å². The molecule has 4 aromatic heterocycles. The minimum Gasteiger partial charge on any atom is -0.347 e. The highest BCUT2D eigenvalue weighted by molar-refractivity contribution is 7.13. The van der Waals surface area contributed by atoms with Crippen LogP contribution in [0.5, 0.6) is 0 Å². The molecule has 0 aliphatic carbocycles. The first kappa shape index (κ1) is 18.0. The summed E-state index contributed by atoms with van der Waals surface area (Å²) in [6.45, 7) is 0.0368. The smallest absolute Gasteiger partial charge is 0.347 e. The van der Waals surface area contributed by atoms with E-state index >= 15 is 0 Å². The zero-order valence-electron chi connectivity index (χ0n) is 14.0. The Morgan fingerprint density at radius 2 is 2.07 bits per heavy atom. The Balaban J connectivity index is 1.45. The van der Waals surface area contributed by atoms with Gasteiger partial charge in [-0.25, -0.2) is 14.5 Å². The molecular weight excluding hydrogens is 393 g/mol. The van der Waals surface area contributed by atoms with Crippen molar-refractivity contribution in [3.63, 3.8) is 0 Å². The van der Waals surface area contributed by atoms with Gasteiger partial charge in [-0.3, -0.25) is 9.78 Å². The zero-order chi connectivity index (χ0) is 19.7. The maximum atomic E-state index is 12.5. The number of carbonyl (C=O) groups is 1. The number of carbonyl (C=O) groups excluding carboxylic acids is 1. The molecule has 4 rings (SSSR count). The molecule has 142 valence electrons. The van der Waals surface area contributed by atoms with Crippen molar-refractivity contribution in [1.82, 2.24) is 29.9 Å². The molecule has 4 heterocycles. The van der Waals surface area contributed by atoms with Crippen LogP contribution in [0.25, 0.3) is 16.2 Å². The fraction of sp³-hybridized carbons (Fsp3) is 0.118. The van der Waals surface area contributed by atoms with Crippen molar-refractivity contribution in [3.05, 3.63) is 65.3 Å². The van der Waals surface area contributed by atoms with Gasteiger partial charge in [0.05, 0.1) is 11.8 Å². The van der Waals surface area contributed by atoms with Crippen LogP contribution in [0, 0.1) is 0 Å². The van der Waals surface area contributed by atoms with E-state index in [0.29, 0.717) is 21.8 Å². The molecular formula is C17H11F3N6OS. The van der Waals surface area contributed by atoms with E-state index in [4.69, 9.17) is 0 Å². The lowest BCUT2D eigenvalue weighted by Gasteiger charge is -2.07. The van der Waals surface area contributed by atoms with Gasteiger partial charge in [0.25, 0.3) is 5.91 Å². The molecule has 0 spiro atoms. The van der Waals surface area contributed by atoms with Crippen molar-refractivity contribution in [2.45, 2.75) is 12.7 Å². The minimum atomic E-state index is -4.49. The van der Waals surface area contributed by atoms with E-state index in [1.54, 1.807) is 34.6 Å². The van der Waals surface area contributed by atoms with Gasteiger partial charge in [0, 0.05) is 30.5 Å². The zero-order valence-corrected chi connectivity index (χ0v) is 14.8. The summed E-state index contributed by atoms with van der Waals surface area (Å²) < 4.78 is 39.2. The van der Waals surface area contributed by atoms with Crippen molar-refractivity contribution in [2.75, 3.05) is 0 Å². The first-order valence-corrected chi connectivity index (χ1v) is 8.84. The van der Waals surface area contributed by atoms with Crippen LogP contribution in [-0.4, -0.2) is 30.5 Å². The molecule has 0 aromatic carbocycles. The molecule has 0 fully saturated rings. The summed E-state index contributed by atoms with van der Waals surface area (Å²) in [5.74, 6) is -0.438. The number of aromatic nitrogens is 5. The second-order valence-electron chi connectivity index (χ2n) is 5.72. The molecule has 11 heteroatoms. The molecule has 0 bridgehead atoms. The number of alkyl halides is 3. The van der Waals surface area contributed by atoms with Crippen molar-refractivity contribution in [3.8, 4) is 10.6 Å². The monoisotopic (exact) mass is 404 g/mol. The molecule has 0 radical (unpaired) electrons. The maximum Gasteiger partial charge on any atom is 0.433 e. The summed E-state index contributed by atoms with van der Waals surface area (Å²) in [5, 5.41) is 8.99. The summed E-state index contributed by atoms with van der Waals surface area (Å²) in [7, 11) is 0. The predicted molar refractivity (Wildman–Crippen MR) is 94.5 cm³/mol. The number of hydrogen-bond acceptors (Lipinski definition) is 6. The number of fused-ring (bicyclic) bond motifs is 1. The number of halogens is 3. The lowest BCUT2D eigenvalue weighted by Crippen LogP contribution is -2.23. The van der Waals surface area contributed by atoms with E-state index in [2.05, 4.69) is 25.4 Å². The normalized spacial score (nSPS) is 11.7. The SMILES string of the molecule is O=C(NCc1ccc(C(F)(F)F)nc1)c1csc(-c2cnn3cccnc23)n1. The third-order valence-corrected chi connectivity index (χ3v) is 4.69. The molecule has 7 nitrogen and oxygen atoms in total. The quantitative estimate of drug-likeness (QED) is 0.565. The Morgan fingerprint density at radius 1 is 1.21 bits per heavy atom. The van der Waals surface area contributed by atoms with E-state index in [9.17, 15) is 18.0 Å². The molecule has 0 atom stereocenters. The molecule has 0 saturated heterocycles. The average Bonchev–Trinajstić information content (AvgIpc) is 3.32. The van der Waals surface area contributed by atoms with Crippen LogP contribution in [0.4, 0.5) is 13.2 Å². The summed E-state index contributed by atoms with van der Waals surface area (Å²) in [6.07, 6.45) is 1.60. The Hall–Kier alpha value is -3.34. The lowest BCUT2D eigenvalue weighted by atomic mass is 10.2. The van der Waals surface area contributed by atoms with E-state index < -0.39 is 17.8 Å². The lowest BCUT2D eigenvalue weighted by molar-refractivity contribution is -0.141. The third-order valence-electron chi connectivity index (χ3n) is 3.81. The second-order valence-corrected chi connectivity index (χ2v) is 6.57. The second kappa shape index (κ2) is 7.00. The maximum absolute atomic E-state index is 12.5. The number of amides is 1. The predicted octanol–water partition coefficient (Wildman–Crippen LogP) is 3.20. The highest BCUT2D eigenvalue weighted by Gasteiger charge is 2.32. The van der Waals surface area contributed by atoms with Crippen LogP contribution in [-0.2, 0) is 12.7 Å². The fourth-order valence-corrected chi connectivity index (χ4v) is 3.25. The van der Waals surface area contributed by atoms with Gasteiger partial charge in [-0.2, -0.15) is 18.3 Å². The van der Waals surface area contributed by atoms with Crippen molar-refractivity contribution >= 4 is 22.9 Å². The van der Waals surface area contributed by atoms with Crippen LogP contribution in [0.15, 0.2) is 48.4 Å². The van der Waals surface area contributed by atoms with Crippen LogP contribution in [0.2, 0.25) is 0 Å². The van der Waals surface area contributed by atoms with Gasteiger partial charge in [0.1, 0.15) is 16.4 Å². The molecule has 0 aliphatic rings. The minimum absolute atomic E-state index is 0.0368. The Kier molecular flexibility index (Phi) is 4.51. The third kappa shape index (κ3) is 3.56. The van der Waals surface area contributed by atoms with Gasteiger partial charge in [-0.05, 0) is 17.7 Å². The van der Waals surface area contributed by atoms with Gasteiger partial charge >= 0.3 is 6.18 Å². The van der Waals surface area contributed by atoms with Crippen molar-refractivity contribution < 1.29 is 18.0 Å². The molecule has 0 unspecified atom stereocenters. The number of nitrogens with zero attached hydrogens (tertiary/aromatic N) is 5. The van der Waals surface area contributed by atoms with Crippen molar-refractivity contribution in [2.24, 2.45) is 0 Å². The van der Waals surface area contributed by atoms with Gasteiger partial charge in [-0.1, -0.05) is 6.07 Å². The number of pyridine rings is 1. The number of rotatable bonds is 4. The standard InChI is InChI=1S/C17H11F3N6OS/c18-17(19,20)13-3-2-10(6-22-13)7-23-15(27)12-9-28-16(25-12)11-8-24-26-5-1-4-21-14(11)26/h1-6,8-9H,7H2,(H,23,27). The van der Waals surface area contributed by atoms with E-state index in [0.717, 1.165) is 12.3 Å². The first-order valence-electron chi connectivity index (χ1n) is 7.96. The summed E-state index contributed by atoms with van der Waals surface area (Å²) >= 11 is 1.27. The van der Waals surface area contributed by atoms with Crippen LogP contribution in [0.1, 0.15) is 21.7 Å². The van der Waals surface area contributed by atoms with E-state index in [-0.39, 0.29) is 12.2 Å². The topological polar surface area (TPSA) is 85.1 Å². The molecule has 1 N–H and O–H groups in total. The van der Waals surface area contributed by atoms with E-state index in [1.807, 2.05) is 0 Å². The number of hydrogen-bond donors (Lipinski definition) is 1. The van der Waals surface area contributed by atoms with Crippen molar-refractivity contribution in [1.29, 1.82) is 0 Å². The van der Waals surface area contributed by atoms with Crippen LogP contribution >= 0.6 is 11.3 Å². The van der Waals surface area contributed by atoms with Gasteiger partial charge < -0.3 is 5.32 Å². The molecule has 1 amide bonds. The summed E-state index contributed by atoms with van der Waals surface area (Å²) in [4.78, 5) is 24.2. The summed E-state index contributed by atoms with van der Waals surface area (Å²) in [6, 6.07) is 3.90. The van der Waals surface area contributed by atoms with Crippen LogP contribution in [0.3, 0.4) is 0 Å².